The average Bonchev–Trinajstić information content (AvgIpc) is 2.91. The van der Waals surface area contributed by atoms with E-state index in [1.807, 2.05) is 20.8 Å². The summed E-state index contributed by atoms with van der Waals surface area (Å²) in [7, 11) is -4.27. The van der Waals surface area contributed by atoms with Crippen molar-refractivity contribution in [2.45, 2.75) is 57.6 Å². The molecule has 2 atom stereocenters. The molecule has 11 heteroatoms. The lowest BCUT2D eigenvalue weighted by molar-refractivity contribution is -0.139. The second-order valence-corrected chi connectivity index (χ2v) is 12.6. The van der Waals surface area contributed by atoms with Crippen LogP contribution in [0.3, 0.4) is 0 Å². The molecule has 0 aliphatic rings. The molecule has 3 rings (SSSR count). The van der Waals surface area contributed by atoms with Gasteiger partial charge in [-0.05, 0) is 69.2 Å². The highest BCUT2D eigenvalue weighted by Crippen LogP contribution is 2.35. The maximum Gasteiger partial charge on any atom is 0.264 e. The molecule has 0 bridgehead atoms. The van der Waals surface area contributed by atoms with Crippen molar-refractivity contribution in [1.29, 1.82) is 0 Å². The summed E-state index contributed by atoms with van der Waals surface area (Å²) in [6, 6.07) is 16.7. The molecule has 0 unspecified atom stereocenters. The molecule has 0 aliphatic heterocycles. The van der Waals surface area contributed by atoms with Crippen LogP contribution in [0.1, 0.15) is 38.3 Å². The van der Waals surface area contributed by atoms with Crippen molar-refractivity contribution in [1.82, 2.24) is 10.2 Å². The highest BCUT2D eigenvalue weighted by atomic mass is 35.5. The van der Waals surface area contributed by atoms with Gasteiger partial charge in [-0.15, -0.1) is 0 Å². The Bertz CT molecular complexity index is 1470. The standard InChI is InChI=1S/C29H32Cl3N3O4S/c1-5-20(3)33-29(37)21(4)34(17-22-8-6-9-23(30)16-22)27(36)18-35(26-11-7-10-25(31)28(26)32)40(38,39)24-14-12-19(2)13-15-24/h6-16,20-21H,5,17-18H2,1-4H3,(H,33,37)/t20-,21-/m0/s1. The van der Waals surface area contributed by atoms with E-state index >= 15 is 0 Å². The molecule has 0 radical (unpaired) electrons. The van der Waals surface area contributed by atoms with Crippen LogP contribution in [0.25, 0.3) is 0 Å². The van der Waals surface area contributed by atoms with Crippen molar-refractivity contribution in [3.63, 3.8) is 0 Å². The van der Waals surface area contributed by atoms with Gasteiger partial charge in [-0.3, -0.25) is 13.9 Å². The van der Waals surface area contributed by atoms with E-state index < -0.39 is 28.5 Å². The van der Waals surface area contributed by atoms with Crippen molar-refractivity contribution < 1.29 is 18.0 Å². The van der Waals surface area contributed by atoms with Gasteiger partial charge in [0.15, 0.2) is 0 Å². The minimum atomic E-state index is -4.27. The average molecular weight is 625 g/mol. The van der Waals surface area contributed by atoms with Crippen LogP contribution >= 0.6 is 34.8 Å². The molecule has 2 amide bonds. The highest BCUT2D eigenvalue weighted by molar-refractivity contribution is 7.92. The van der Waals surface area contributed by atoms with Gasteiger partial charge in [0.2, 0.25) is 11.8 Å². The third kappa shape index (κ3) is 7.69. The molecule has 0 aliphatic carbocycles. The molecule has 0 heterocycles. The smallest absolute Gasteiger partial charge is 0.264 e. The van der Waals surface area contributed by atoms with Crippen molar-refractivity contribution >= 4 is 62.3 Å². The van der Waals surface area contributed by atoms with E-state index in [1.165, 1.54) is 29.2 Å². The Hall–Kier alpha value is -2.78. The van der Waals surface area contributed by atoms with Gasteiger partial charge in [-0.1, -0.05) is 77.6 Å². The number of sulfonamides is 1. The quantitative estimate of drug-likeness (QED) is 0.265. The topological polar surface area (TPSA) is 86.8 Å². The van der Waals surface area contributed by atoms with Gasteiger partial charge < -0.3 is 10.2 Å². The highest BCUT2D eigenvalue weighted by Gasteiger charge is 2.34. The van der Waals surface area contributed by atoms with E-state index in [-0.39, 0.29) is 39.1 Å². The van der Waals surface area contributed by atoms with Crippen molar-refractivity contribution in [3.8, 4) is 0 Å². The first-order valence-electron chi connectivity index (χ1n) is 12.7. The number of amides is 2. The number of hydrogen-bond donors (Lipinski definition) is 1. The van der Waals surface area contributed by atoms with Crippen LogP contribution in [0, 0.1) is 6.92 Å². The van der Waals surface area contributed by atoms with Gasteiger partial charge in [0.25, 0.3) is 10.0 Å². The van der Waals surface area contributed by atoms with Crippen LogP contribution in [0.2, 0.25) is 15.1 Å². The van der Waals surface area contributed by atoms with E-state index in [9.17, 15) is 18.0 Å². The molecule has 0 aromatic heterocycles. The number of carbonyl (C=O) groups excluding carboxylic acids is 2. The number of carbonyl (C=O) groups is 2. The second-order valence-electron chi connectivity index (χ2n) is 9.54. The molecule has 0 saturated heterocycles. The minimum absolute atomic E-state index is 0.0170. The summed E-state index contributed by atoms with van der Waals surface area (Å²) in [5.74, 6) is -0.975. The zero-order chi connectivity index (χ0) is 29.6. The molecule has 7 nitrogen and oxygen atoms in total. The zero-order valence-corrected chi connectivity index (χ0v) is 25.8. The number of nitrogens with zero attached hydrogens (tertiary/aromatic N) is 2. The molecular formula is C29H32Cl3N3O4S. The first kappa shape index (κ1) is 31.7. The monoisotopic (exact) mass is 623 g/mol. The molecule has 214 valence electrons. The number of nitrogens with one attached hydrogen (secondary N) is 1. The first-order chi connectivity index (χ1) is 18.8. The fraction of sp³-hybridized carbons (Fsp3) is 0.310. The van der Waals surface area contributed by atoms with Gasteiger partial charge in [-0.25, -0.2) is 8.42 Å². The third-order valence-electron chi connectivity index (χ3n) is 6.50. The van der Waals surface area contributed by atoms with Gasteiger partial charge >= 0.3 is 0 Å². The lowest BCUT2D eigenvalue weighted by Gasteiger charge is -2.32. The lowest BCUT2D eigenvalue weighted by atomic mass is 10.1. The number of hydrogen-bond acceptors (Lipinski definition) is 4. The SMILES string of the molecule is CC[C@H](C)NC(=O)[C@H](C)N(Cc1cccc(Cl)c1)C(=O)CN(c1cccc(Cl)c1Cl)S(=O)(=O)c1ccc(C)cc1. The van der Waals surface area contributed by atoms with Crippen LogP contribution in [0.5, 0.6) is 0 Å². The Kier molecular flexibility index (Phi) is 10.9. The molecule has 0 saturated carbocycles. The van der Waals surface area contributed by atoms with Crippen LogP contribution in [-0.2, 0) is 26.2 Å². The van der Waals surface area contributed by atoms with Crippen molar-refractivity contribution in [2.75, 3.05) is 10.8 Å². The van der Waals surface area contributed by atoms with Gasteiger partial charge in [0, 0.05) is 17.6 Å². The third-order valence-corrected chi connectivity index (χ3v) is 9.32. The maximum atomic E-state index is 14.0. The molecule has 3 aromatic carbocycles. The summed E-state index contributed by atoms with van der Waals surface area (Å²) in [5.41, 5.74) is 1.59. The Morgan fingerprint density at radius 2 is 1.60 bits per heavy atom. The minimum Gasteiger partial charge on any atom is -0.352 e. The summed E-state index contributed by atoms with van der Waals surface area (Å²) in [6.07, 6.45) is 0.705. The first-order valence-corrected chi connectivity index (χ1v) is 15.3. The summed E-state index contributed by atoms with van der Waals surface area (Å²) in [4.78, 5) is 28.4. The fourth-order valence-electron chi connectivity index (χ4n) is 3.92. The largest absolute Gasteiger partial charge is 0.352 e. The Morgan fingerprint density at radius 3 is 2.23 bits per heavy atom. The van der Waals surface area contributed by atoms with E-state index in [1.54, 1.807) is 49.4 Å². The predicted octanol–water partition coefficient (Wildman–Crippen LogP) is 6.48. The summed E-state index contributed by atoms with van der Waals surface area (Å²) >= 11 is 18.9. The van der Waals surface area contributed by atoms with E-state index in [4.69, 9.17) is 34.8 Å². The Morgan fingerprint density at radius 1 is 0.950 bits per heavy atom. The fourth-order valence-corrected chi connectivity index (χ4v) is 6.00. The number of halogens is 3. The van der Waals surface area contributed by atoms with Crippen molar-refractivity contribution in [2.24, 2.45) is 0 Å². The second kappa shape index (κ2) is 13.7. The molecular weight excluding hydrogens is 593 g/mol. The van der Waals surface area contributed by atoms with Crippen LogP contribution in [0.15, 0.2) is 71.6 Å². The number of anilines is 1. The van der Waals surface area contributed by atoms with Gasteiger partial charge in [0.1, 0.15) is 12.6 Å². The van der Waals surface area contributed by atoms with E-state index in [0.29, 0.717) is 17.0 Å². The van der Waals surface area contributed by atoms with Crippen LogP contribution in [-0.4, -0.2) is 43.8 Å². The number of rotatable bonds is 11. The number of benzene rings is 3. The lowest BCUT2D eigenvalue weighted by Crippen LogP contribution is -2.52. The predicted molar refractivity (Wildman–Crippen MR) is 162 cm³/mol. The zero-order valence-electron chi connectivity index (χ0n) is 22.7. The Balaban J connectivity index is 2.07. The number of aryl methyl sites for hydroxylation is 1. The summed E-state index contributed by atoms with van der Waals surface area (Å²) < 4.78 is 28.8. The van der Waals surface area contributed by atoms with Crippen LogP contribution in [0.4, 0.5) is 5.69 Å². The molecule has 1 N–H and O–H groups in total. The molecule has 40 heavy (non-hydrogen) atoms. The normalized spacial score (nSPS) is 12.9. The molecule has 3 aromatic rings. The Labute approximate surface area is 251 Å². The van der Waals surface area contributed by atoms with Gasteiger partial charge in [-0.2, -0.15) is 0 Å². The summed E-state index contributed by atoms with van der Waals surface area (Å²) in [5, 5.41) is 3.48. The molecule has 0 fully saturated rings. The molecule has 0 spiro atoms. The van der Waals surface area contributed by atoms with E-state index in [0.717, 1.165) is 9.87 Å². The van der Waals surface area contributed by atoms with E-state index in [2.05, 4.69) is 5.32 Å². The maximum absolute atomic E-state index is 14.0. The van der Waals surface area contributed by atoms with Gasteiger partial charge in [0.05, 0.1) is 20.6 Å². The summed E-state index contributed by atoms with van der Waals surface area (Å²) in [6.45, 7) is 6.64. The van der Waals surface area contributed by atoms with Crippen LogP contribution < -0.4 is 9.62 Å². The van der Waals surface area contributed by atoms with Crippen molar-refractivity contribution in [3.05, 3.63) is 92.9 Å².